The maximum absolute atomic E-state index is 12.9. The highest BCUT2D eigenvalue weighted by molar-refractivity contribution is 7.89. The summed E-state index contributed by atoms with van der Waals surface area (Å²) in [5.74, 6) is 0. The first kappa shape index (κ1) is 18.5. The summed E-state index contributed by atoms with van der Waals surface area (Å²) in [6.07, 6.45) is 3.78. The molecule has 1 aliphatic heterocycles. The summed E-state index contributed by atoms with van der Waals surface area (Å²) < 4.78 is 29.1. The van der Waals surface area contributed by atoms with E-state index in [1.807, 2.05) is 35.0 Å². The molecule has 0 N–H and O–H groups in total. The van der Waals surface area contributed by atoms with Gasteiger partial charge in [0.2, 0.25) is 10.0 Å². The lowest BCUT2D eigenvalue weighted by Gasteiger charge is -2.33. The zero-order valence-corrected chi connectivity index (χ0v) is 15.8. The number of imidazole rings is 1. The molecule has 4 rings (SSSR count). The summed E-state index contributed by atoms with van der Waals surface area (Å²) in [7, 11) is -3.91. The third-order valence-electron chi connectivity index (χ3n) is 4.89. The van der Waals surface area contributed by atoms with Gasteiger partial charge in [-0.25, -0.2) is 13.4 Å². The fourth-order valence-electron chi connectivity index (χ4n) is 3.42. The second-order valence-corrected chi connectivity index (χ2v) is 8.49. The number of nitro benzene ring substituents is 1. The lowest BCUT2D eigenvalue weighted by Crippen LogP contribution is -2.48. The maximum Gasteiger partial charge on any atom is 0.289 e. The Morgan fingerprint density at radius 3 is 2.50 bits per heavy atom. The predicted octanol–water partition coefficient (Wildman–Crippen LogP) is 1.75. The topological polar surface area (TPSA) is 101 Å². The van der Waals surface area contributed by atoms with Crippen molar-refractivity contribution in [3.05, 3.63) is 70.7 Å². The molecule has 0 spiro atoms. The number of hydrogen-bond acceptors (Lipinski definition) is 6. The third kappa shape index (κ3) is 3.37. The molecule has 9 nitrogen and oxygen atoms in total. The Bertz CT molecular complexity index is 1120. The van der Waals surface area contributed by atoms with Gasteiger partial charge >= 0.3 is 0 Å². The molecule has 3 aromatic rings. The Balaban J connectivity index is 1.47. The highest BCUT2D eigenvalue weighted by atomic mass is 32.2. The van der Waals surface area contributed by atoms with E-state index in [4.69, 9.17) is 0 Å². The normalized spacial score (nSPS) is 16.4. The van der Waals surface area contributed by atoms with Crippen LogP contribution < -0.4 is 0 Å². The van der Waals surface area contributed by atoms with Crippen molar-refractivity contribution in [2.75, 3.05) is 26.2 Å². The number of piperazine rings is 1. The largest absolute Gasteiger partial charge is 0.303 e. The van der Waals surface area contributed by atoms with Crippen LogP contribution in [0.2, 0.25) is 0 Å². The molecule has 1 fully saturated rings. The van der Waals surface area contributed by atoms with Crippen molar-refractivity contribution >= 4 is 21.4 Å². The number of aromatic nitrogens is 2. The van der Waals surface area contributed by atoms with Gasteiger partial charge in [0.05, 0.1) is 16.8 Å². The Hall–Kier alpha value is -2.82. The molecule has 0 saturated carbocycles. The summed E-state index contributed by atoms with van der Waals surface area (Å²) in [6.45, 7) is 2.31. The van der Waals surface area contributed by atoms with Crippen molar-refractivity contribution in [2.45, 2.75) is 11.4 Å². The lowest BCUT2D eigenvalue weighted by atomic mass is 10.3. The van der Waals surface area contributed by atoms with E-state index < -0.39 is 20.6 Å². The first-order valence-corrected chi connectivity index (χ1v) is 10.3. The van der Waals surface area contributed by atoms with Crippen LogP contribution in [-0.2, 0) is 16.6 Å². The summed E-state index contributed by atoms with van der Waals surface area (Å²) in [5.41, 5.74) is 1.51. The summed E-state index contributed by atoms with van der Waals surface area (Å²) in [5, 5.41) is 11.2. The number of nitrogens with zero attached hydrogens (tertiary/aromatic N) is 5. The summed E-state index contributed by atoms with van der Waals surface area (Å²) in [6, 6.07) is 11.3. The van der Waals surface area contributed by atoms with Crippen LogP contribution in [0.5, 0.6) is 0 Å². The fraction of sp³-hybridized carbons (Fsp3) is 0.278. The zero-order chi connectivity index (χ0) is 19.7. The number of rotatable bonds is 5. The Labute approximate surface area is 162 Å². The molecule has 28 heavy (non-hydrogen) atoms. The molecule has 146 valence electrons. The molecule has 0 aliphatic carbocycles. The quantitative estimate of drug-likeness (QED) is 0.477. The second kappa shape index (κ2) is 7.30. The second-order valence-electron chi connectivity index (χ2n) is 6.58. The van der Waals surface area contributed by atoms with E-state index in [-0.39, 0.29) is 18.0 Å². The van der Waals surface area contributed by atoms with E-state index in [0.717, 1.165) is 11.3 Å². The van der Waals surface area contributed by atoms with E-state index in [0.29, 0.717) is 19.6 Å². The Morgan fingerprint density at radius 2 is 1.75 bits per heavy atom. The van der Waals surface area contributed by atoms with E-state index in [9.17, 15) is 18.5 Å². The van der Waals surface area contributed by atoms with Gasteiger partial charge in [0, 0.05) is 45.0 Å². The number of hydrogen-bond donors (Lipinski definition) is 0. The highest BCUT2D eigenvalue weighted by Crippen LogP contribution is 2.27. The van der Waals surface area contributed by atoms with E-state index >= 15 is 0 Å². The minimum Gasteiger partial charge on any atom is -0.303 e. The average molecular weight is 401 g/mol. The smallest absolute Gasteiger partial charge is 0.289 e. The van der Waals surface area contributed by atoms with Gasteiger partial charge in [-0.3, -0.25) is 15.0 Å². The van der Waals surface area contributed by atoms with Crippen molar-refractivity contribution in [2.24, 2.45) is 0 Å². The van der Waals surface area contributed by atoms with Gasteiger partial charge in [-0.2, -0.15) is 4.31 Å². The number of para-hydroxylation sites is 1. The lowest BCUT2D eigenvalue weighted by molar-refractivity contribution is -0.387. The van der Waals surface area contributed by atoms with Gasteiger partial charge in [0.25, 0.3) is 5.69 Å². The molecule has 1 aliphatic rings. The van der Waals surface area contributed by atoms with Crippen molar-refractivity contribution in [1.29, 1.82) is 0 Å². The van der Waals surface area contributed by atoms with Gasteiger partial charge < -0.3 is 4.40 Å². The van der Waals surface area contributed by atoms with E-state index in [1.165, 1.54) is 28.6 Å². The van der Waals surface area contributed by atoms with Gasteiger partial charge in [-0.1, -0.05) is 18.2 Å². The number of benzene rings is 1. The van der Waals surface area contributed by atoms with Crippen LogP contribution >= 0.6 is 0 Å². The molecule has 2 aromatic heterocycles. The molecule has 0 unspecified atom stereocenters. The molecule has 0 amide bonds. The summed E-state index contributed by atoms with van der Waals surface area (Å²) >= 11 is 0. The highest BCUT2D eigenvalue weighted by Gasteiger charge is 2.33. The minimum atomic E-state index is -3.91. The minimum absolute atomic E-state index is 0.254. The first-order chi connectivity index (χ1) is 13.5. The number of nitro groups is 1. The number of sulfonamides is 1. The van der Waals surface area contributed by atoms with E-state index in [2.05, 4.69) is 9.88 Å². The predicted molar refractivity (Wildman–Crippen MR) is 102 cm³/mol. The van der Waals surface area contributed by atoms with Crippen molar-refractivity contribution < 1.29 is 13.3 Å². The molecule has 3 heterocycles. The van der Waals surface area contributed by atoms with Gasteiger partial charge in [0.15, 0.2) is 4.90 Å². The van der Waals surface area contributed by atoms with Gasteiger partial charge in [0.1, 0.15) is 5.65 Å². The van der Waals surface area contributed by atoms with Crippen LogP contribution in [0.15, 0.2) is 59.8 Å². The molecule has 0 radical (unpaired) electrons. The van der Waals surface area contributed by atoms with Crippen LogP contribution in [0.4, 0.5) is 5.69 Å². The zero-order valence-electron chi connectivity index (χ0n) is 15.0. The average Bonchev–Trinajstić information content (AvgIpc) is 3.11. The molecule has 10 heteroatoms. The van der Waals surface area contributed by atoms with E-state index in [1.54, 1.807) is 0 Å². The Morgan fingerprint density at radius 1 is 1.04 bits per heavy atom. The molecule has 1 aromatic carbocycles. The van der Waals surface area contributed by atoms with Crippen LogP contribution in [-0.4, -0.2) is 58.1 Å². The third-order valence-corrected chi connectivity index (χ3v) is 6.84. The maximum atomic E-state index is 12.9. The fourth-order valence-corrected chi connectivity index (χ4v) is 5.00. The first-order valence-electron chi connectivity index (χ1n) is 8.84. The summed E-state index contributed by atoms with van der Waals surface area (Å²) in [4.78, 5) is 16.8. The van der Waals surface area contributed by atoms with Gasteiger partial charge in [-0.15, -0.1) is 0 Å². The Kier molecular flexibility index (Phi) is 4.84. The number of fused-ring (bicyclic) bond motifs is 1. The van der Waals surface area contributed by atoms with Crippen LogP contribution in [0.25, 0.3) is 5.65 Å². The van der Waals surface area contributed by atoms with Gasteiger partial charge in [-0.05, 0) is 18.2 Å². The van der Waals surface area contributed by atoms with Crippen molar-refractivity contribution in [3.8, 4) is 0 Å². The number of pyridine rings is 1. The van der Waals surface area contributed by atoms with Crippen LogP contribution in [0, 0.1) is 10.1 Å². The molecular weight excluding hydrogens is 382 g/mol. The SMILES string of the molecule is O=[N+]([O-])c1ccccc1S(=O)(=O)N1CCN(Cc2cnc3ccccn23)CC1. The van der Waals surface area contributed by atoms with Crippen molar-refractivity contribution in [1.82, 2.24) is 18.6 Å². The van der Waals surface area contributed by atoms with Crippen molar-refractivity contribution in [3.63, 3.8) is 0 Å². The molecular formula is C18H19N5O4S. The monoisotopic (exact) mass is 401 g/mol. The van der Waals surface area contributed by atoms with Crippen LogP contribution in [0.3, 0.4) is 0 Å². The standard InChI is InChI=1S/C18H19N5O4S/c24-23(25)16-5-1-2-6-17(16)28(26,27)21-11-9-20(10-12-21)14-15-13-19-18-7-3-4-8-22(15)18/h1-8,13H,9-12,14H2. The molecule has 0 bridgehead atoms. The molecule has 0 atom stereocenters. The molecule has 1 saturated heterocycles. The van der Waals surface area contributed by atoms with Crippen LogP contribution in [0.1, 0.15) is 5.69 Å².